The van der Waals surface area contributed by atoms with Crippen molar-refractivity contribution in [3.8, 4) is 17.2 Å². The molecule has 0 aliphatic carbocycles. The average Bonchev–Trinajstić information content (AvgIpc) is 3.29. The van der Waals surface area contributed by atoms with E-state index in [4.69, 9.17) is 18.3 Å². The molecule has 9 nitrogen and oxygen atoms in total. The molecule has 1 aromatic carbocycles. The van der Waals surface area contributed by atoms with E-state index in [0.29, 0.717) is 40.4 Å². The van der Waals surface area contributed by atoms with E-state index in [0.717, 1.165) is 17.4 Å². The predicted molar refractivity (Wildman–Crippen MR) is 157 cm³/mol. The van der Waals surface area contributed by atoms with Crippen molar-refractivity contribution in [2.24, 2.45) is 5.11 Å². The van der Waals surface area contributed by atoms with Crippen LogP contribution in [0, 0.1) is 6.92 Å². The van der Waals surface area contributed by atoms with Gasteiger partial charge in [-0.1, -0.05) is 46.7 Å². The lowest BCUT2D eigenvalue weighted by molar-refractivity contribution is 0.0844. The fraction of sp³-hybridized carbons (Fsp3) is 0.667. The van der Waals surface area contributed by atoms with Crippen molar-refractivity contribution in [3.05, 3.63) is 27.3 Å². The van der Waals surface area contributed by atoms with Crippen molar-refractivity contribution >= 4 is 33.8 Å². The molecule has 1 aliphatic heterocycles. The van der Waals surface area contributed by atoms with Crippen LogP contribution in [0.4, 0.5) is 0 Å². The third-order valence-corrected chi connectivity index (χ3v) is 17.4. The Morgan fingerprint density at radius 1 is 0.974 bits per heavy atom. The SMILES string of the molecule is COc1c(C)c(O[Si](C)(C)C(C)(C)C)c2c(c(C=O)c3n2C[C@@H](OC)[C@@H]3N=[N+]=[N-])c1O[Si](C)(C)C(C)(C)C. The fourth-order valence-electron chi connectivity index (χ4n) is 4.44. The largest absolute Gasteiger partial charge is 0.542 e. The number of aldehydes is 1. The maximum Gasteiger partial charge on any atom is 0.250 e. The molecule has 11 heteroatoms. The quantitative estimate of drug-likeness (QED) is 0.107. The Bertz CT molecular complexity index is 1300. The van der Waals surface area contributed by atoms with Gasteiger partial charge in [-0.05, 0) is 48.7 Å². The van der Waals surface area contributed by atoms with Gasteiger partial charge >= 0.3 is 0 Å². The summed E-state index contributed by atoms with van der Waals surface area (Å²) in [5, 5.41) is 4.54. The molecule has 0 saturated heterocycles. The number of ether oxygens (including phenoxy) is 2. The fourth-order valence-corrected chi connectivity index (χ4v) is 6.52. The number of carbonyl (C=O) groups is 1. The third-order valence-electron chi connectivity index (χ3n) is 8.79. The van der Waals surface area contributed by atoms with Crippen molar-refractivity contribution in [2.75, 3.05) is 14.2 Å². The van der Waals surface area contributed by atoms with Crippen molar-refractivity contribution in [2.45, 2.75) is 103 Å². The summed E-state index contributed by atoms with van der Waals surface area (Å²) >= 11 is 0. The van der Waals surface area contributed by atoms with E-state index in [1.807, 2.05) is 11.5 Å². The highest BCUT2D eigenvalue weighted by atomic mass is 28.4. The summed E-state index contributed by atoms with van der Waals surface area (Å²) in [6.45, 7) is 24.2. The highest BCUT2D eigenvalue weighted by molar-refractivity contribution is 6.75. The third kappa shape index (κ3) is 4.74. The average molecular weight is 561 g/mol. The van der Waals surface area contributed by atoms with Gasteiger partial charge in [-0.3, -0.25) is 4.79 Å². The number of fused-ring (bicyclic) bond motifs is 3. The number of carbonyl (C=O) groups excluding carboxylic acids is 1. The molecule has 3 rings (SSSR count). The summed E-state index contributed by atoms with van der Waals surface area (Å²) in [6.07, 6.45) is 0.423. The Morgan fingerprint density at radius 3 is 1.92 bits per heavy atom. The minimum absolute atomic E-state index is 0.0636. The molecule has 0 amide bonds. The molecule has 210 valence electrons. The molecule has 1 aromatic heterocycles. The predicted octanol–water partition coefficient (Wildman–Crippen LogP) is 7.92. The maximum atomic E-state index is 12.8. The first-order chi connectivity index (χ1) is 17.4. The van der Waals surface area contributed by atoms with Gasteiger partial charge < -0.3 is 22.9 Å². The van der Waals surface area contributed by atoms with Crippen molar-refractivity contribution < 1.29 is 23.1 Å². The first-order valence-electron chi connectivity index (χ1n) is 13.0. The lowest BCUT2D eigenvalue weighted by Crippen LogP contribution is -2.44. The van der Waals surface area contributed by atoms with Gasteiger partial charge in [0.05, 0.1) is 30.7 Å². The van der Waals surface area contributed by atoms with E-state index >= 15 is 0 Å². The first kappa shape index (κ1) is 30.1. The molecular weight excluding hydrogens is 516 g/mol. The van der Waals surface area contributed by atoms with Crippen LogP contribution in [-0.2, 0) is 11.3 Å². The standard InChI is InChI=1S/C27H44N4O5Si2/c1-16-23(35-37(10,11)26(2,3)4)22-19(25(24(16)34-9)36-38(12,13)27(5,6)7)17(15-32)21-20(29-30-28)18(33-8)14-31(21)22/h15,18,20H,14H2,1-13H3/t18-,20+/m1/s1. The van der Waals surface area contributed by atoms with Crippen molar-refractivity contribution in [1.29, 1.82) is 0 Å². The van der Waals surface area contributed by atoms with E-state index in [1.54, 1.807) is 14.2 Å². The Hall–Kier alpha value is -2.47. The number of hydrogen-bond donors (Lipinski definition) is 0. The van der Waals surface area contributed by atoms with Gasteiger partial charge in [-0.2, -0.15) is 0 Å². The van der Waals surface area contributed by atoms with Crippen LogP contribution in [-0.4, -0.2) is 47.8 Å². The maximum absolute atomic E-state index is 12.8. The van der Waals surface area contributed by atoms with Gasteiger partial charge in [-0.15, -0.1) is 0 Å². The molecule has 2 heterocycles. The molecule has 0 unspecified atom stereocenters. The number of methoxy groups -OCH3 is 2. The lowest BCUT2D eigenvalue weighted by Gasteiger charge is -2.39. The Kier molecular flexibility index (Phi) is 7.86. The summed E-state index contributed by atoms with van der Waals surface area (Å²) in [5.41, 5.74) is 12.0. The molecule has 0 spiro atoms. The van der Waals surface area contributed by atoms with Crippen molar-refractivity contribution in [1.82, 2.24) is 4.57 Å². The summed E-state index contributed by atoms with van der Waals surface area (Å²) in [4.78, 5) is 15.9. The van der Waals surface area contributed by atoms with E-state index < -0.39 is 28.8 Å². The van der Waals surface area contributed by atoms with Crippen LogP contribution >= 0.6 is 0 Å². The second-order valence-electron chi connectivity index (χ2n) is 13.2. The number of hydrogen-bond acceptors (Lipinski definition) is 6. The molecule has 1 aliphatic rings. The van der Waals surface area contributed by atoms with Gasteiger partial charge in [0.15, 0.2) is 17.8 Å². The highest BCUT2D eigenvalue weighted by Crippen LogP contribution is 2.54. The second kappa shape index (κ2) is 9.93. The Labute approximate surface area is 228 Å². The Balaban J connectivity index is 2.56. The summed E-state index contributed by atoms with van der Waals surface area (Å²) < 4.78 is 27.6. The molecule has 2 aromatic rings. The van der Waals surface area contributed by atoms with Crippen LogP contribution in [0.1, 0.15) is 69.2 Å². The van der Waals surface area contributed by atoms with Gasteiger partial charge in [0, 0.05) is 28.8 Å². The molecule has 0 radical (unpaired) electrons. The summed E-state index contributed by atoms with van der Waals surface area (Å²) in [7, 11) is -1.47. The zero-order valence-corrected chi connectivity index (χ0v) is 27.3. The number of nitrogens with zero attached hydrogens (tertiary/aromatic N) is 4. The molecular formula is C27H44N4O5Si2. The minimum Gasteiger partial charge on any atom is -0.542 e. The van der Waals surface area contributed by atoms with E-state index in [1.165, 1.54) is 0 Å². The van der Waals surface area contributed by atoms with E-state index in [-0.39, 0.29) is 10.1 Å². The number of aromatic nitrogens is 1. The number of benzene rings is 1. The second-order valence-corrected chi connectivity index (χ2v) is 22.7. The zero-order valence-electron chi connectivity index (χ0n) is 25.3. The van der Waals surface area contributed by atoms with Gasteiger partial charge in [-0.25, -0.2) is 0 Å². The number of rotatable bonds is 8. The van der Waals surface area contributed by atoms with Gasteiger partial charge in [0.2, 0.25) is 0 Å². The molecule has 0 saturated carbocycles. The van der Waals surface area contributed by atoms with Crippen LogP contribution < -0.4 is 13.6 Å². The van der Waals surface area contributed by atoms with Crippen molar-refractivity contribution in [3.63, 3.8) is 0 Å². The molecule has 0 fully saturated rings. The van der Waals surface area contributed by atoms with E-state index in [9.17, 15) is 10.3 Å². The first-order valence-corrected chi connectivity index (χ1v) is 18.9. The van der Waals surface area contributed by atoms with Crippen LogP contribution in [0.2, 0.25) is 36.3 Å². The highest BCUT2D eigenvalue weighted by Gasteiger charge is 2.45. The minimum atomic E-state index is -2.36. The molecule has 38 heavy (non-hydrogen) atoms. The van der Waals surface area contributed by atoms with Crippen LogP contribution in [0.15, 0.2) is 5.11 Å². The molecule has 2 atom stereocenters. The smallest absolute Gasteiger partial charge is 0.250 e. The molecule has 0 N–H and O–H groups in total. The lowest BCUT2D eigenvalue weighted by atomic mass is 10.0. The van der Waals surface area contributed by atoms with Gasteiger partial charge in [0.1, 0.15) is 11.8 Å². The van der Waals surface area contributed by atoms with Gasteiger partial charge in [0.25, 0.3) is 16.6 Å². The monoisotopic (exact) mass is 560 g/mol. The van der Waals surface area contributed by atoms with Crippen LogP contribution in [0.25, 0.3) is 21.3 Å². The number of azide groups is 1. The summed E-state index contributed by atoms with van der Waals surface area (Å²) in [5.74, 6) is 1.79. The Morgan fingerprint density at radius 2 is 1.50 bits per heavy atom. The van der Waals surface area contributed by atoms with E-state index in [2.05, 4.69) is 77.8 Å². The van der Waals surface area contributed by atoms with Crippen LogP contribution in [0.5, 0.6) is 17.2 Å². The molecule has 0 bridgehead atoms. The zero-order chi connectivity index (χ0) is 29.0. The topological polar surface area (TPSA) is 108 Å². The van der Waals surface area contributed by atoms with Crippen LogP contribution in [0.3, 0.4) is 0 Å². The normalized spacial score (nSPS) is 18.2. The summed E-state index contributed by atoms with van der Waals surface area (Å²) in [6, 6.07) is -0.662.